The van der Waals surface area contributed by atoms with Crippen LogP contribution in [0, 0.1) is 21.7 Å². The summed E-state index contributed by atoms with van der Waals surface area (Å²) in [5.41, 5.74) is -0.746. The molecule has 1 amide bonds. The van der Waals surface area contributed by atoms with Gasteiger partial charge in [0, 0.05) is 30.4 Å². The van der Waals surface area contributed by atoms with Crippen LogP contribution in [0.15, 0.2) is 36.4 Å². The number of benzene rings is 2. The molecule has 0 spiro atoms. The largest absolute Gasteiger partial charge is 0.449 e. The Morgan fingerprint density at radius 2 is 1.90 bits per heavy atom. The van der Waals surface area contributed by atoms with E-state index in [1.807, 2.05) is 0 Å². The highest BCUT2D eigenvalue weighted by molar-refractivity contribution is 6.00. The van der Waals surface area contributed by atoms with E-state index in [0.29, 0.717) is 6.07 Å². The number of carbonyl (C=O) groups is 2. The Morgan fingerprint density at radius 3 is 2.52 bits per heavy atom. The van der Waals surface area contributed by atoms with Gasteiger partial charge in [0.2, 0.25) is 0 Å². The fraction of sp³-hybridized carbons (Fsp3) is 0.222. The van der Waals surface area contributed by atoms with E-state index >= 15 is 0 Å². The number of hydrogen-bond acceptors (Lipinski definition) is 7. The van der Waals surface area contributed by atoms with Gasteiger partial charge < -0.3 is 20.5 Å². The van der Waals surface area contributed by atoms with Crippen LogP contribution in [0.5, 0.6) is 0 Å². The molecule has 0 saturated carbocycles. The number of nitrogens with one attached hydrogen (secondary N) is 2. The molecule has 0 aromatic heterocycles. The first kappa shape index (κ1) is 21.7. The Kier molecular flexibility index (Phi) is 7.15. The van der Waals surface area contributed by atoms with E-state index in [-0.39, 0.29) is 35.8 Å². The summed E-state index contributed by atoms with van der Waals surface area (Å²) >= 11 is 0. The van der Waals surface area contributed by atoms with E-state index in [2.05, 4.69) is 10.6 Å². The number of rotatable bonds is 8. The lowest BCUT2D eigenvalue weighted by atomic mass is 10.1. The number of aliphatic hydroxyl groups excluding tert-OH is 1. The standard InChI is InChI=1S/C18H17F2N3O6/c1-10(17(25)22-16-4-2-11(19)8-14(16)20)29-18(26)13-9-12(23(27)28)3-5-15(13)21-6-7-24/h2-5,8-10,21,24H,6-7H2,1H3,(H,22,25)/t10-/m1/s1. The molecule has 3 N–H and O–H groups in total. The van der Waals surface area contributed by atoms with Gasteiger partial charge in [0.1, 0.15) is 11.6 Å². The van der Waals surface area contributed by atoms with Crippen LogP contribution in [-0.4, -0.2) is 41.2 Å². The van der Waals surface area contributed by atoms with Gasteiger partial charge in [0.25, 0.3) is 11.6 Å². The number of aliphatic hydroxyl groups is 1. The molecule has 0 heterocycles. The minimum Gasteiger partial charge on any atom is -0.449 e. The Labute approximate surface area is 163 Å². The Balaban J connectivity index is 2.15. The second-order valence-electron chi connectivity index (χ2n) is 5.80. The SMILES string of the molecule is C[C@@H](OC(=O)c1cc([N+](=O)[O-])ccc1NCCO)C(=O)Nc1ccc(F)cc1F. The van der Waals surface area contributed by atoms with E-state index in [0.717, 1.165) is 24.3 Å². The summed E-state index contributed by atoms with van der Waals surface area (Å²) in [6.45, 7) is 1.03. The number of non-ortho nitro benzene ring substituents is 1. The lowest BCUT2D eigenvalue weighted by Crippen LogP contribution is -2.30. The van der Waals surface area contributed by atoms with Gasteiger partial charge in [0.05, 0.1) is 22.8 Å². The highest BCUT2D eigenvalue weighted by Gasteiger charge is 2.23. The number of nitro groups is 1. The van der Waals surface area contributed by atoms with E-state index in [1.54, 1.807) is 0 Å². The van der Waals surface area contributed by atoms with Crippen molar-refractivity contribution in [2.75, 3.05) is 23.8 Å². The molecule has 11 heteroatoms. The van der Waals surface area contributed by atoms with Gasteiger partial charge in [-0.25, -0.2) is 13.6 Å². The zero-order chi connectivity index (χ0) is 21.6. The molecule has 2 aromatic carbocycles. The molecule has 1 atom stereocenters. The maximum absolute atomic E-state index is 13.6. The second-order valence-corrected chi connectivity index (χ2v) is 5.80. The van der Waals surface area contributed by atoms with Gasteiger partial charge in [-0.3, -0.25) is 14.9 Å². The molecule has 0 saturated heterocycles. The first-order valence-electron chi connectivity index (χ1n) is 8.33. The summed E-state index contributed by atoms with van der Waals surface area (Å²) in [7, 11) is 0. The smallest absolute Gasteiger partial charge is 0.341 e. The van der Waals surface area contributed by atoms with Crippen molar-refractivity contribution in [2.45, 2.75) is 13.0 Å². The molecule has 0 aliphatic heterocycles. The fourth-order valence-corrected chi connectivity index (χ4v) is 2.26. The number of carbonyl (C=O) groups excluding carboxylic acids is 2. The molecule has 0 unspecified atom stereocenters. The van der Waals surface area contributed by atoms with Crippen LogP contribution in [0.4, 0.5) is 25.8 Å². The predicted molar refractivity (Wildman–Crippen MR) is 98.5 cm³/mol. The number of amides is 1. The molecule has 2 aromatic rings. The molecule has 154 valence electrons. The fourth-order valence-electron chi connectivity index (χ4n) is 2.26. The number of esters is 1. The van der Waals surface area contributed by atoms with Crippen molar-refractivity contribution in [1.82, 2.24) is 0 Å². The Bertz CT molecular complexity index is 938. The van der Waals surface area contributed by atoms with Crippen LogP contribution in [0.3, 0.4) is 0 Å². The average molecular weight is 409 g/mol. The highest BCUT2D eigenvalue weighted by Crippen LogP contribution is 2.24. The summed E-state index contributed by atoms with van der Waals surface area (Å²) in [4.78, 5) is 34.8. The van der Waals surface area contributed by atoms with Gasteiger partial charge >= 0.3 is 5.97 Å². The van der Waals surface area contributed by atoms with Crippen LogP contribution in [0.1, 0.15) is 17.3 Å². The highest BCUT2D eigenvalue weighted by atomic mass is 19.1. The van der Waals surface area contributed by atoms with Crippen molar-refractivity contribution < 1.29 is 33.1 Å². The maximum atomic E-state index is 13.6. The van der Waals surface area contributed by atoms with Crippen LogP contribution in [0.25, 0.3) is 0 Å². The normalized spacial score (nSPS) is 11.4. The summed E-state index contributed by atoms with van der Waals surface area (Å²) in [5, 5.41) is 24.7. The number of nitro benzene ring substituents is 1. The second kappa shape index (κ2) is 9.55. The lowest BCUT2D eigenvalue weighted by Gasteiger charge is -2.16. The first-order valence-corrected chi connectivity index (χ1v) is 8.33. The summed E-state index contributed by atoms with van der Waals surface area (Å²) in [6, 6.07) is 5.92. The molecule has 0 fully saturated rings. The third-order valence-electron chi connectivity index (χ3n) is 3.70. The minimum atomic E-state index is -1.39. The van der Waals surface area contributed by atoms with Crippen LogP contribution in [-0.2, 0) is 9.53 Å². The van der Waals surface area contributed by atoms with Gasteiger partial charge in [-0.05, 0) is 25.1 Å². The monoisotopic (exact) mass is 409 g/mol. The molecule has 9 nitrogen and oxygen atoms in total. The van der Waals surface area contributed by atoms with Gasteiger partial charge in [-0.15, -0.1) is 0 Å². The van der Waals surface area contributed by atoms with E-state index in [1.165, 1.54) is 13.0 Å². The third-order valence-corrected chi connectivity index (χ3v) is 3.70. The Morgan fingerprint density at radius 1 is 1.21 bits per heavy atom. The maximum Gasteiger partial charge on any atom is 0.341 e. The van der Waals surface area contributed by atoms with E-state index < -0.39 is 34.5 Å². The van der Waals surface area contributed by atoms with Crippen LogP contribution < -0.4 is 10.6 Å². The van der Waals surface area contributed by atoms with E-state index in [4.69, 9.17) is 9.84 Å². The van der Waals surface area contributed by atoms with Crippen molar-refractivity contribution in [3.05, 3.63) is 63.7 Å². The van der Waals surface area contributed by atoms with Gasteiger partial charge in [-0.1, -0.05) is 0 Å². The van der Waals surface area contributed by atoms with Crippen molar-refractivity contribution in [2.24, 2.45) is 0 Å². The summed E-state index contributed by atoms with van der Waals surface area (Å²) in [6.07, 6.45) is -1.39. The zero-order valence-corrected chi connectivity index (χ0v) is 15.1. The third kappa shape index (κ3) is 5.69. The summed E-state index contributed by atoms with van der Waals surface area (Å²) in [5.74, 6) is -3.77. The van der Waals surface area contributed by atoms with Gasteiger partial charge in [0.15, 0.2) is 6.10 Å². The molecule has 29 heavy (non-hydrogen) atoms. The van der Waals surface area contributed by atoms with Crippen LogP contribution >= 0.6 is 0 Å². The van der Waals surface area contributed by atoms with Crippen molar-refractivity contribution >= 4 is 28.9 Å². The van der Waals surface area contributed by atoms with Crippen molar-refractivity contribution in [3.63, 3.8) is 0 Å². The molecule has 0 aliphatic rings. The Hall–Kier alpha value is -3.60. The molecular formula is C18H17F2N3O6. The predicted octanol–water partition coefficient (Wildman–Crippen LogP) is 2.46. The van der Waals surface area contributed by atoms with E-state index in [9.17, 15) is 28.5 Å². The number of anilines is 2. The van der Waals surface area contributed by atoms with Crippen molar-refractivity contribution in [3.8, 4) is 0 Å². The average Bonchev–Trinajstić information content (AvgIpc) is 2.68. The summed E-state index contributed by atoms with van der Waals surface area (Å²) < 4.78 is 31.6. The quantitative estimate of drug-likeness (QED) is 0.347. The van der Waals surface area contributed by atoms with Gasteiger partial charge in [-0.2, -0.15) is 0 Å². The topological polar surface area (TPSA) is 131 Å². The van der Waals surface area contributed by atoms with Crippen molar-refractivity contribution in [1.29, 1.82) is 0 Å². The minimum absolute atomic E-state index is 0.0674. The number of ether oxygens (including phenoxy) is 1. The molecular weight excluding hydrogens is 392 g/mol. The number of nitrogens with zero attached hydrogens (tertiary/aromatic N) is 1. The van der Waals surface area contributed by atoms with Crippen LogP contribution in [0.2, 0.25) is 0 Å². The zero-order valence-electron chi connectivity index (χ0n) is 15.1. The molecule has 2 rings (SSSR count). The first-order chi connectivity index (χ1) is 13.7. The lowest BCUT2D eigenvalue weighted by molar-refractivity contribution is -0.384. The number of hydrogen-bond donors (Lipinski definition) is 3. The molecule has 0 aliphatic carbocycles. The number of halogens is 2. The molecule has 0 bridgehead atoms. The molecule has 0 radical (unpaired) electrons.